The van der Waals surface area contributed by atoms with Gasteiger partial charge in [0.05, 0.1) is 0 Å². The molecule has 0 fully saturated rings. The first-order valence-electron chi connectivity index (χ1n) is 14.3. The number of hydrogen-bond donors (Lipinski definition) is 0. The van der Waals surface area contributed by atoms with Gasteiger partial charge in [0.2, 0.25) is 0 Å². The maximum atomic E-state index is 15.2. The first kappa shape index (κ1) is 32.7. The highest BCUT2D eigenvalue weighted by Gasteiger charge is 2.41. The van der Waals surface area contributed by atoms with E-state index in [1.807, 2.05) is 24.3 Å². The highest BCUT2D eigenvalue weighted by molar-refractivity contribution is 5.74. The first-order valence-corrected chi connectivity index (χ1v) is 14.3. The van der Waals surface area contributed by atoms with E-state index in [1.54, 1.807) is 6.07 Å². The molecule has 0 aromatic heterocycles. The molecule has 0 N–H and O–H groups in total. The van der Waals surface area contributed by atoms with Crippen LogP contribution in [0.25, 0.3) is 33.4 Å². The second kappa shape index (κ2) is 13.3. The molecule has 5 rings (SSSR count). The first-order chi connectivity index (χ1) is 21.9. The number of halogens is 9. The maximum absolute atomic E-state index is 15.2. The summed E-state index contributed by atoms with van der Waals surface area (Å²) in [7, 11) is 0. The van der Waals surface area contributed by atoms with Crippen molar-refractivity contribution in [1.82, 2.24) is 0 Å². The Hall–Kier alpha value is -4.73. The Bertz CT molecular complexity index is 1840. The summed E-state index contributed by atoms with van der Waals surface area (Å²) in [6, 6.07) is 16.6. The molecule has 0 aliphatic rings. The molecule has 238 valence electrons. The van der Waals surface area contributed by atoms with Crippen molar-refractivity contribution in [2.45, 2.75) is 38.7 Å². The zero-order chi connectivity index (χ0) is 33.2. The number of aryl methyl sites for hydroxylation is 1. The Labute approximate surface area is 258 Å². The summed E-state index contributed by atoms with van der Waals surface area (Å²) in [6.45, 7) is 2.13. The van der Waals surface area contributed by atoms with Crippen LogP contribution in [0.1, 0.15) is 37.3 Å². The summed E-state index contributed by atoms with van der Waals surface area (Å²) in [5, 5.41) is 0. The Balaban J connectivity index is 1.37. The van der Waals surface area contributed by atoms with E-state index in [0.717, 1.165) is 43.4 Å². The topological polar surface area (TPSA) is 9.23 Å². The largest absolute Gasteiger partial charge is 0.432 e. The molecule has 0 unspecified atom stereocenters. The minimum absolute atomic E-state index is 0.0588. The Morgan fingerprint density at radius 2 is 1.02 bits per heavy atom. The fraction of sp³-hybridized carbons (Fsp3) is 0.167. The average molecular weight is 645 g/mol. The van der Waals surface area contributed by atoms with Crippen LogP contribution in [0.2, 0.25) is 0 Å². The van der Waals surface area contributed by atoms with Crippen LogP contribution in [0.5, 0.6) is 5.75 Å². The molecule has 0 heterocycles. The number of alkyl halides is 2. The fourth-order valence-corrected chi connectivity index (χ4v) is 5.09. The predicted octanol–water partition coefficient (Wildman–Crippen LogP) is 11.5. The van der Waals surface area contributed by atoms with Crippen LogP contribution in [0.4, 0.5) is 39.5 Å². The monoisotopic (exact) mass is 644 g/mol. The van der Waals surface area contributed by atoms with Crippen molar-refractivity contribution in [3.8, 4) is 39.1 Å². The molecule has 0 aliphatic heterocycles. The van der Waals surface area contributed by atoms with Crippen LogP contribution in [0, 0.1) is 40.7 Å². The summed E-state index contributed by atoms with van der Waals surface area (Å²) in [6.07, 6.45) is -0.505. The third kappa shape index (κ3) is 6.90. The van der Waals surface area contributed by atoms with Gasteiger partial charge in [-0.25, -0.2) is 30.7 Å². The zero-order valence-electron chi connectivity index (χ0n) is 24.2. The van der Waals surface area contributed by atoms with E-state index in [1.165, 1.54) is 23.8 Å². The number of unbranched alkanes of at least 4 members (excludes halogenated alkanes) is 2. The molecular weight excluding hydrogens is 619 g/mol. The van der Waals surface area contributed by atoms with Crippen molar-refractivity contribution in [2.24, 2.45) is 0 Å². The van der Waals surface area contributed by atoms with Crippen molar-refractivity contribution in [3.63, 3.8) is 0 Å². The third-order valence-corrected chi connectivity index (χ3v) is 7.45. The molecule has 10 heteroatoms. The van der Waals surface area contributed by atoms with Crippen molar-refractivity contribution < 1.29 is 44.3 Å². The Kier molecular flexibility index (Phi) is 9.46. The molecular formula is C36H25F9O. The lowest BCUT2D eigenvalue weighted by molar-refractivity contribution is -0.189. The van der Waals surface area contributed by atoms with Crippen LogP contribution in [-0.2, 0) is 12.5 Å². The van der Waals surface area contributed by atoms with E-state index in [2.05, 4.69) is 11.7 Å². The van der Waals surface area contributed by atoms with Crippen LogP contribution < -0.4 is 4.74 Å². The van der Waals surface area contributed by atoms with E-state index in [0.29, 0.717) is 17.7 Å². The molecule has 0 radical (unpaired) electrons. The molecule has 0 saturated carbocycles. The quantitative estimate of drug-likeness (QED) is 0.0835. The van der Waals surface area contributed by atoms with E-state index in [-0.39, 0.29) is 28.8 Å². The van der Waals surface area contributed by atoms with Gasteiger partial charge in [0.1, 0.15) is 34.6 Å². The van der Waals surface area contributed by atoms with Crippen molar-refractivity contribution in [2.75, 3.05) is 0 Å². The number of rotatable bonds is 10. The smallest absolute Gasteiger partial charge is 0.429 e. The molecule has 5 aromatic carbocycles. The molecule has 0 saturated heterocycles. The number of ether oxygens (including phenoxy) is 1. The molecule has 0 amide bonds. The van der Waals surface area contributed by atoms with E-state index in [9.17, 15) is 30.7 Å². The maximum Gasteiger partial charge on any atom is 0.432 e. The van der Waals surface area contributed by atoms with Crippen molar-refractivity contribution >= 4 is 0 Å². The van der Waals surface area contributed by atoms with Gasteiger partial charge in [-0.3, -0.25) is 0 Å². The molecule has 46 heavy (non-hydrogen) atoms. The highest BCUT2D eigenvalue weighted by atomic mass is 19.3. The third-order valence-electron chi connectivity index (χ3n) is 7.45. The Morgan fingerprint density at radius 3 is 1.59 bits per heavy atom. The van der Waals surface area contributed by atoms with Gasteiger partial charge in [-0.2, -0.15) is 8.78 Å². The lowest BCUT2D eigenvalue weighted by Gasteiger charge is -2.20. The summed E-state index contributed by atoms with van der Waals surface area (Å²) in [4.78, 5) is 0. The fourth-order valence-electron chi connectivity index (χ4n) is 5.09. The second-order valence-corrected chi connectivity index (χ2v) is 10.7. The van der Waals surface area contributed by atoms with E-state index in [4.69, 9.17) is 0 Å². The van der Waals surface area contributed by atoms with Gasteiger partial charge in [0.15, 0.2) is 17.5 Å². The minimum Gasteiger partial charge on any atom is -0.429 e. The average Bonchev–Trinajstić information content (AvgIpc) is 2.99. The molecule has 0 spiro atoms. The van der Waals surface area contributed by atoms with Crippen molar-refractivity contribution in [1.29, 1.82) is 0 Å². The summed E-state index contributed by atoms with van der Waals surface area (Å²) < 4.78 is 133. The lowest BCUT2D eigenvalue weighted by atomic mass is 9.96. The van der Waals surface area contributed by atoms with Gasteiger partial charge < -0.3 is 4.74 Å². The molecule has 0 bridgehead atoms. The zero-order valence-corrected chi connectivity index (χ0v) is 24.2. The summed E-state index contributed by atoms with van der Waals surface area (Å²) >= 11 is 0. The minimum atomic E-state index is -4.80. The molecule has 1 nitrogen and oxygen atoms in total. The van der Waals surface area contributed by atoms with Gasteiger partial charge in [0, 0.05) is 23.3 Å². The Morgan fingerprint density at radius 1 is 0.522 bits per heavy atom. The highest BCUT2D eigenvalue weighted by Crippen LogP contribution is 2.39. The standard InChI is InChI=1S/C36H25F9O/c1-2-3-4-5-20-6-8-21(9-7-20)22-10-12-26(28(37)14-22)23-11-13-27(29(38)15-23)24-16-30(39)34(31(40)17-24)36(44,45)46-25-18-32(41)35(43)33(42)19-25/h6-19H,2-5H2,1H3. The molecule has 0 aliphatic carbocycles. The van der Waals surface area contributed by atoms with Gasteiger partial charge >= 0.3 is 6.11 Å². The number of benzene rings is 5. The van der Waals surface area contributed by atoms with Gasteiger partial charge in [-0.05, 0) is 64.9 Å². The van der Waals surface area contributed by atoms with E-state index < -0.39 is 63.7 Å². The number of hydrogen-bond acceptors (Lipinski definition) is 1. The summed E-state index contributed by atoms with van der Waals surface area (Å²) in [5.74, 6) is -12.3. The van der Waals surface area contributed by atoms with Gasteiger partial charge in [-0.1, -0.05) is 68.3 Å². The molecule has 0 atom stereocenters. The van der Waals surface area contributed by atoms with Gasteiger partial charge in [-0.15, -0.1) is 0 Å². The SMILES string of the molecule is CCCCCc1ccc(-c2ccc(-c3ccc(-c4cc(F)c(C(F)(F)Oc5cc(F)c(F)c(F)c5)c(F)c4)c(F)c3)c(F)c2)cc1. The van der Waals surface area contributed by atoms with Crippen molar-refractivity contribution in [3.05, 3.63) is 137 Å². The second-order valence-electron chi connectivity index (χ2n) is 10.7. The lowest BCUT2D eigenvalue weighted by Crippen LogP contribution is -2.25. The van der Waals surface area contributed by atoms with E-state index >= 15 is 8.78 Å². The molecule has 5 aromatic rings. The summed E-state index contributed by atoms with van der Waals surface area (Å²) in [5.41, 5.74) is -0.00285. The van der Waals surface area contributed by atoms with Crippen LogP contribution >= 0.6 is 0 Å². The normalized spacial score (nSPS) is 11.6. The van der Waals surface area contributed by atoms with Crippen LogP contribution in [0.3, 0.4) is 0 Å². The predicted molar refractivity (Wildman–Crippen MR) is 157 cm³/mol. The van der Waals surface area contributed by atoms with Gasteiger partial charge in [0.25, 0.3) is 0 Å². The van der Waals surface area contributed by atoms with Crippen LogP contribution in [0.15, 0.2) is 84.9 Å². The van der Waals surface area contributed by atoms with Crippen LogP contribution in [-0.4, -0.2) is 0 Å².